The highest BCUT2D eigenvalue weighted by Crippen LogP contribution is 2.41. The van der Waals surface area contributed by atoms with Gasteiger partial charge in [0.05, 0.1) is 5.75 Å². The summed E-state index contributed by atoms with van der Waals surface area (Å²) in [6.07, 6.45) is 4.49. The van der Waals surface area contributed by atoms with Crippen LogP contribution < -0.4 is 0 Å². The first-order valence-electron chi connectivity index (χ1n) is 9.56. The lowest BCUT2D eigenvalue weighted by molar-refractivity contribution is 0.199. The van der Waals surface area contributed by atoms with Crippen LogP contribution in [-0.4, -0.2) is 61.2 Å². The number of rotatable bonds is 4. The molecule has 3 aliphatic heterocycles. The number of aromatic hydroxyl groups is 1. The van der Waals surface area contributed by atoms with E-state index in [1.54, 1.807) is 16.4 Å². The van der Waals surface area contributed by atoms with Gasteiger partial charge in [-0.1, -0.05) is 12.1 Å². The van der Waals surface area contributed by atoms with E-state index in [9.17, 15) is 17.9 Å². The van der Waals surface area contributed by atoms with Crippen LogP contribution in [0.2, 0.25) is 0 Å². The van der Waals surface area contributed by atoms with Gasteiger partial charge in [0.25, 0.3) is 0 Å². The van der Waals surface area contributed by atoms with Crippen molar-refractivity contribution in [2.24, 2.45) is 5.41 Å². The number of piperidine rings is 2. The van der Waals surface area contributed by atoms with Crippen molar-refractivity contribution >= 4 is 10.0 Å². The van der Waals surface area contributed by atoms with Crippen LogP contribution in [0.1, 0.15) is 43.6 Å². The van der Waals surface area contributed by atoms with Gasteiger partial charge in [-0.25, -0.2) is 17.1 Å². The van der Waals surface area contributed by atoms with Crippen LogP contribution in [0.15, 0.2) is 18.2 Å². The molecule has 0 saturated carbocycles. The fraction of sp³-hybridized carbons (Fsp3) is 0.684. The minimum Gasteiger partial charge on any atom is -0.505 e. The molecular formula is C19H27FN2O3S. The predicted molar refractivity (Wildman–Crippen MR) is 98.1 cm³/mol. The lowest BCUT2D eigenvalue weighted by atomic mass is 9.83. The maximum absolute atomic E-state index is 14.3. The maximum Gasteiger partial charge on any atom is 0.214 e. The molecule has 7 heteroatoms. The molecule has 3 atom stereocenters. The van der Waals surface area contributed by atoms with Crippen molar-refractivity contribution in [1.82, 2.24) is 9.21 Å². The van der Waals surface area contributed by atoms with Crippen molar-refractivity contribution in [2.45, 2.75) is 38.0 Å². The minimum atomic E-state index is -3.37. The molecule has 1 N–H and O–H groups in total. The lowest BCUT2D eigenvalue weighted by Crippen LogP contribution is -2.46. The molecule has 0 radical (unpaired) electrons. The van der Waals surface area contributed by atoms with Crippen molar-refractivity contribution in [2.75, 3.05) is 38.5 Å². The van der Waals surface area contributed by atoms with E-state index >= 15 is 0 Å². The highest BCUT2D eigenvalue weighted by Gasteiger charge is 2.45. The third kappa shape index (κ3) is 3.37. The molecule has 144 valence electrons. The summed E-state index contributed by atoms with van der Waals surface area (Å²) in [6.45, 7) is 3.81. The molecule has 3 heterocycles. The van der Waals surface area contributed by atoms with Crippen molar-refractivity contribution < 1.29 is 17.9 Å². The Bertz CT molecular complexity index is 781. The molecule has 2 bridgehead atoms. The second-order valence-electron chi connectivity index (χ2n) is 8.26. The number of benzene rings is 1. The van der Waals surface area contributed by atoms with Gasteiger partial charge in [-0.2, -0.15) is 0 Å². The Morgan fingerprint density at radius 2 is 2.04 bits per heavy atom. The number of hydrogen-bond donors (Lipinski definition) is 1. The van der Waals surface area contributed by atoms with E-state index in [-0.39, 0.29) is 22.8 Å². The highest BCUT2D eigenvalue weighted by molar-refractivity contribution is 7.89. The van der Waals surface area contributed by atoms with E-state index in [1.807, 2.05) is 0 Å². The lowest BCUT2D eigenvalue weighted by Gasteiger charge is -2.37. The maximum atomic E-state index is 14.3. The Labute approximate surface area is 154 Å². The standard InChI is InChI=1S/C19H27FN2O3S/c20-18-16(5-1-6-17(18)23)15-4-2-10-22(12-15)26(24,25)14-19-7-3-9-21(13-19)11-8-19/h1,5-6,15,23H,2-4,7-14H2. The molecule has 1 aromatic rings. The van der Waals surface area contributed by atoms with Crippen LogP contribution in [0.5, 0.6) is 5.75 Å². The van der Waals surface area contributed by atoms with Crippen LogP contribution >= 0.6 is 0 Å². The van der Waals surface area contributed by atoms with Crippen LogP contribution in [0.25, 0.3) is 0 Å². The Morgan fingerprint density at radius 1 is 1.19 bits per heavy atom. The van der Waals surface area contributed by atoms with Crippen molar-refractivity contribution in [3.05, 3.63) is 29.6 Å². The normalized spacial score (nSPS) is 32.7. The number of halogens is 1. The summed E-state index contributed by atoms with van der Waals surface area (Å²) in [4.78, 5) is 2.38. The molecule has 3 unspecified atom stereocenters. The zero-order valence-electron chi connectivity index (χ0n) is 15.0. The second kappa shape index (κ2) is 6.77. The Balaban J connectivity index is 1.51. The van der Waals surface area contributed by atoms with Gasteiger partial charge in [-0.05, 0) is 62.2 Å². The summed E-state index contributed by atoms with van der Waals surface area (Å²) in [7, 11) is -3.37. The molecule has 0 amide bonds. The molecule has 3 fully saturated rings. The molecule has 3 saturated heterocycles. The molecule has 0 spiro atoms. The van der Waals surface area contributed by atoms with Gasteiger partial charge in [0, 0.05) is 25.6 Å². The third-order valence-corrected chi connectivity index (χ3v) is 8.51. The summed E-state index contributed by atoms with van der Waals surface area (Å²) >= 11 is 0. The van der Waals surface area contributed by atoms with Gasteiger partial charge in [0.1, 0.15) is 0 Å². The van der Waals surface area contributed by atoms with Gasteiger partial charge in [-0.15, -0.1) is 0 Å². The molecule has 26 heavy (non-hydrogen) atoms. The molecule has 0 aliphatic carbocycles. The number of fused-ring (bicyclic) bond motifs is 2. The number of nitrogens with zero attached hydrogens (tertiary/aromatic N) is 2. The fourth-order valence-corrected chi connectivity index (χ4v) is 7.22. The molecule has 0 aromatic heterocycles. The molecule has 3 aliphatic rings. The van der Waals surface area contributed by atoms with Crippen LogP contribution in [0.3, 0.4) is 0 Å². The Hall–Kier alpha value is -1.18. The number of hydrogen-bond acceptors (Lipinski definition) is 4. The van der Waals surface area contributed by atoms with E-state index in [2.05, 4.69) is 4.90 Å². The van der Waals surface area contributed by atoms with Gasteiger partial charge in [-0.3, -0.25) is 0 Å². The number of sulfonamides is 1. The molecule has 4 rings (SSSR count). The summed E-state index contributed by atoms with van der Waals surface area (Å²) in [5, 5.41) is 9.63. The largest absolute Gasteiger partial charge is 0.505 e. The summed E-state index contributed by atoms with van der Waals surface area (Å²) in [5.74, 6) is -0.968. The van der Waals surface area contributed by atoms with E-state index in [0.29, 0.717) is 18.7 Å². The monoisotopic (exact) mass is 382 g/mol. The van der Waals surface area contributed by atoms with E-state index in [4.69, 9.17) is 0 Å². The first-order chi connectivity index (χ1) is 12.4. The van der Waals surface area contributed by atoms with E-state index < -0.39 is 15.8 Å². The average molecular weight is 383 g/mol. The Kier molecular flexibility index (Phi) is 4.73. The Morgan fingerprint density at radius 3 is 2.88 bits per heavy atom. The van der Waals surface area contributed by atoms with E-state index in [0.717, 1.165) is 51.7 Å². The van der Waals surface area contributed by atoms with Gasteiger partial charge >= 0.3 is 0 Å². The van der Waals surface area contributed by atoms with Gasteiger partial charge < -0.3 is 10.0 Å². The average Bonchev–Trinajstić information content (AvgIpc) is 2.90. The first kappa shape index (κ1) is 18.2. The predicted octanol–water partition coefficient (Wildman–Crippen LogP) is 2.53. The molecule has 1 aromatic carbocycles. The molecule has 5 nitrogen and oxygen atoms in total. The van der Waals surface area contributed by atoms with Crippen LogP contribution in [-0.2, 0) is 10.0 Å². The quantitative estimate of drug-likeness (QED) is 0.869. The summed E-state index contributed by atoms with van der Waals surface area (Å²) < 4.78 is 42.1. The number of phenols is 1. The highest BCUT2D eigenvalue weighted by atomic mass is 32.2. The zero-order chi connectivity index (χ0) is 18.4. The summed E-state index contributed by atoms with van der Waals surface area (Å²) in [6, 6.07) is 4.60. The number of phenolic OH excluding ortho intramolecular Hbond substituents is 1. The van der Waals surface area contributed by atoms with E-state index in [1.165, 1.54) is 6.07 Å². The molecular weight excluding hydrogens is 355 g/mol. The van der Waals surface area contributed by atoms with Crippen molar-refractivity contribution in [3.63, 3.8) is 0 Å². The SMILES string of the molecule is O=S(=O)(CC12CCCN(CC1)C2)N1CCCC(c2cccc(O)c2F)C1. The minimum absolute atomic E-state index is 0.0969. The van der Waals surface area contributed by atoms with Gasteiger partial charge in [0.2, 0.25) is 10.0 Å². The van der Waals surface area contributed by atoms with Crippen LogP contribution in [0, 0.1) is 11.2 Å². The van der Waals surface area contributed by atoms with Gasteiger partial charge in [0.15, 0.2) is 11.6 Å². The smallest absolute Gasteiger partial charge is 0.214 e. The second-order valence-corrected chi connectivity index (χ2v) is 10.2. The third-order valence-electron chi connectivity index (χ3n) is 6.41. The van der Waals surface area contributed by atoms with Crippen molar-refractivity contribution in [1.29, 1.82) is 0 Å². The van der Waals surface area contributed by atoms with Crippen LogP contribution in [0.4, 0.5) is 4.39 Å². The fourth-order valence-electron chi connectivity index (χ4n) is 5.07. The summed E-state index contributed by atoms with van der Waals surface area (Å²) in [5.41, 5.74) is 0.327. The topological polar surface area (TPSA) is 60.9 Å². The van der Waals surface area contributed by atoms with Crippen molar-refractivity contribution in [3.8, 4) is 5.75 Å². The zero-order valence-corrected chi connectivity index (χ0v) is 15.8. The first-order valence-corrected chi connectivity index (χ1v) is 11.2.